The Kier molecular flexibility index (Phi) is 1.72. The van der Waals surface area contributed by atoms with Gasteiger partial charge >= 0.3 is 0 Å². The maximum atomic E-state index is 10.9. The third kappa shape index (κ3) is 1.02. The minimum Gasteiger partial charge on any atom is -0.289 e. The number of hydrogen-bond acceptors (Lipinski definition) is 3. The molecule has 0 fully saturated rings. The SMILES string of the molecule is CC1(C(=O)NO)CCC=N1. The Labute approximate surface area is 58.9 Å². The van der Waals surface area contributed by atoms with E-state index in [1.807, 2.05) is 0 Å². The van der Waals surface area contributed by atoms with Gasteiger partial charge in [0.05, 0.1) is 0 Å². The van der Waals surface area contributed by atoms with Crippen molar-refractivity contribution in [1.82, 2.24) is 5.48 Å². The van der Waals surface area contributed by atoms with E-state index in [4.69, 9.17) is 5.21 Å². The number of carbonyl (C=O) groups is 1. The molecule has 0 radical (unpaired) electrons. The summed E-state index contributed by atoms with van der Waals surface area (Å²) in [6.45, 7) is 1.70. The van der Waals surface area contributed by atoms with E-state index in [-0.39, 0.29) is 0 Å². The Balaban J connectivity index is 2.68. The van der Waals surface area contributed by atoms with Crippen molar-refractivity contribution in [3.8, 4) is 0 Å². The van der Waals surface area contributed by atoms with Crippen molar-refractivity contribution in [3.05, 3.63) is 0 Å². The lowest BCUT2D eigenvalue weighted by Gasteiger charge is -2.16. The molecule has 1 rings (SSSR count). The lowest BCUT2D eigenvalue weighted by Crippen LogP contribution is -2.39. The molecule has 0 aromatic heterocycles. The van der Waals surface area contributed by atoms with Crippen LogP contribution in [0.1, 0.15) is 19.8 Å². The van der Waals surface area contributed by atoms with Gasteiger partial charge in [-0.3, -0.25) is 15.0 Å². The fraction of sp³-hybridized carbons (Fsp3) is 0.667. The molecule has 0 aliphatic carbocycles. The van der Waals surface area contributed by atoms with Gasteiger partial charge in [-0.05, 0) is 19.8 Å². The first-order valence-electron chi connectivity index (χ1n) is 3.17. The van der Waals surface area contributed by atoms with Crippen molar-refractivity contribution < 1.29 is 10.0 Å². The van der Waals surface area contributed by atoms with Crippen LogP contribution in [0.2, 0.25) is 0 Å². The number of aliphatic imine (C=N–C) groups is 1. The standard InChI is InChI=1S/C6H10N2O2/c1-6(5(9)8-10)3-2-4-7-6/h4,10H,2-3H2,1H3,(H,8,9). The van der Waals surface area contributed by atoms with E-state index in [1.165, 1.54) is 0 Å². The van der Waals surface area contributed by atoms with Crippen LogP contribution in [0.25, 0.3) is 0 Å². The Hall–Kier alpha value is -0.900. The van der Waals surface area contributed by atoms with Crippen molar-refractivity contribution in [2.45, 2.75) is 25.3 Å². The molecule has 56 valence electrons. The number of nitrogens with one attached hydrogen (secondary N) is 1. The van der Waals surface area contributed by atoms with Crippen molar-refractivity contribution in [1.29, 1.82) is 0 Å². The third-order valence-electron chi connectivity index (χ3n) is 1.73. The molecule has 0 aromatic carbocycles. The topological polar surface area (TPSA) is 61.7 Å². The summed E-state index contributed by atoms with van der Waals surface area (Å²) in [5, 5.41) is 8.29. The van der Waals surface area contributed by atoms with E-state index in [0.29, 0.717) is 6.42 Å². The van der Waals surface area contributed by atoms with Crippen molar-refractivity contribution >= 4 is 12.1 Å². The molecular weight excluding hydrogens is 132 g/mol. The molecule has 1 amide bonds. The Bertz CT molecular complexity index is 179. The molecule has 1 aliphatic rings. The van der Waals surface area contributed by atoms with Gasteiger partial charge in [0.15, 0.2) is 0 Å². The molecule has 1 unspecified atom stereocenters. The average Bonchev–Trinajstić information content (AvgIpc) is 2.36. The van der Waals surface area contributed by atoms with Crippen LogP contribution in [0.15, 0.2) is 4.99 Å². The third-order valence-corrected chi connectivity index (χ3v) is 1.73. The van der Waals surface area contributed by atoms with Gasteiger partial charge in [-0.1, -0.05) is 0 Å². The van der Waals surface area contributed by atoms with Gasteiger partial charge in [0.1, 0.15) is 5.54 Å². The summed E-state index contributed by atoms with van der Waals surface area (Å²) in [4.78, 5) is 14.8. The fourth-order valence-corrected chi connectivity index (χ4v) is 0.969. The van der Waals surface area contributed by atoms with Gasteiger partial charge in [-0.2, -0.15) is 0 Å². The largest absolute Gasteiger partial charge is 0.289 e. The lowest BCUT2D eigenvalue weighted by molar-refractivity contribution is -0.134. The molecule has 0 spiro atoms. The maximum Gasteiger partial charge on any atom is 0.270 e. The van der Waals surface area contributed by atoms with Crippen LogP contribution in [0, 0.1) is 0 Å². The maximum absolute atomic E-state index is 10.9. The molecule has 0 saturated heterocycles. The summed E-state index contributed by atoms with van der Waals surface area (Å²) in [5.74, 6) is -0.429. The van der Waals surface area contributed by atoms with E-state index >= 15 is 0 Å². The first kappa shape index (κ1) is 7.21. The van der Waals surface area contributed by atoms with E-state index in [1.54, 1.807) is 18.6 Å². The highest BCUT2D eigenvalue weighted by atomic mass is 16.5. The van der Waals surface area contributed by atoms with E-state index in [9.17, 15) is 4.79 Å². The van der Waals surface area contributed by atoms with Crippen LogP contribution in [0.3, 0.4) is 0 Å². The number of nitrogens with zero attached hydrogens (tertiary/aromatic N) is 1. The van der Waals surface area contributed by atoms with Crippen LogP contribution >= 0.6 is 0 Å². The zero-order valence-corrected chi connectivity index (χ0v) is 5.79. The number of hydroxylamine groups is 1. The lowest BCUT2D eigenvalue weighted by atomic mass is 9.99. The summed E-state index contributed by atoms with van der Waals surface area (Å²) in [7, 11) is 0. The van der Waals surface area contributed by atoms with E-state index in [2.05, 4.69) is 4.99 Å². The highest BCUT2D eigenvalue weighted by Gasteiger charge is 2.33. The summed E-state index contributed by atoms with van der Waals surface area (Å²) < 4.78 is 0. The summed E-state index contributed by atoms with van der Waals surface area (Å²) in [6.07, 6.45) is 3.19. The van der Waals surface area contributed by atoms with Crippen LogP contribution in [0.5, 0.6) is 0 Å². The molecule has 0 bridgehead atoms. The average molecular weight is 142 g/mol. The second-order valence-electron chi connectivity index (χ2n) is 2.57. The number of hydrogen-bond donors (Lipinski definition) is 2. The monoisotopic (exact) mass is 142 g/mol. The highest BCUT2D eigenvalue weighted by Crippen LogP contribution is 2.21. The van der Waals surface area contributed by atoms with Crippen molar-refractivity contribution in [3.63, 3.8) is 0 Å². The molecule has 1 heterocycles. The summed E-state index contributed by atoms with van der Waals surface area (Å²) in [6, 6.07) is 0. The first-order chi connectivity index (χ1) is 4.69. The molecule has 1 atom stereocenters. The summed E-state index contributed by atoms with van der Waals surface area (Å²) in [5.41, 5.74) is 0.867. The Morgan fingerprint density at radius 2 is 2.60 bits per heavy atom. The van der Waals surface area contributed by atoms with Crippen LogP contribution < -0.4 is 5.48 Å². The van der Waals surface area contributed by atoms with Gasteiger partial charge in [0, 0.05) is 6.21 Å². The van der Waals surface area contributed by atoms with Crippen LogP contribution in [0.4, 0.5) is 0 Å². The molecule has 1 aliphatic heterocycles. The minimum atomic E-state index is -0.727. The van der Waals surface area contributed by atoms with Crippen LogP contribution in [-0.2, 0) is 4.79 Å². The second-order valence-corrected chi connectivity index (χ2v) is 2.57. The van der Waals surface area contributed by atoms with E-state index in [0.717, 1.165) is 6.42 Å². The van der Waals surface area contributed by atoms with Crippen molar-refractivity contribution in [2.75, 3.05) is 0 Å². The number of rotatable bonds is 1. The molecular formula is C6H10N2O2. The van der Waals surface area contributed by atoms with Crippen molar-refractivity contribution in [2.24, 2.45) is 4.99 Å². The van der Waals surface area contributed by atoms with E-state index < -0.39 is 11.4 Å². The molecule has 4 nitrogen and oxygen atoms in total. The first-order valence-corrected chi connectivity index (χ1v) is 3.17. The quantitative estimate of drug-likeness (QED) is 0.403. The number of carbonyl (C=O) groups excluding carboxylic acids is 1. The van der Waals surface area contributed by atoms with Gasteiger partial charge < -0.3 is 0 Å². The molecule has 4 heteroatoms. The zero-order chi connectivity index (χ0) is 7.61. The van der Waals surface area contributed by atoms with Gasteiger partial charge in [-0.15, -0.1) is 0 Å². The minimum absolute atomic E-state index is 0.429. The van der Waals surface area contributed by atoms with Crippen LogP contribution in [-0.4, -0.2) is 22.9 Å². The predicted molar refractivity (Wildman–Crippen MR) is 36.1 cm³/mol. The molecule has 0 saturated carbocycles. The number of amides is 1. The molecule has 0 aromatic rings. The molecule has 2 N–H and O–H groups in total. The smallest absolute Gasteiger partial charge is 0.270 e. The highest BCUT2D eigenvalue weighted by molar-refractivity contribution is 5.88. The van der Waals surface area contributed by atoms with Gasteiger partial charge in [0.25, 0.3) is 5.91 Å². The zero-order valence-electron chi connectivity index (χ0n) is 5.79. The van der Waals surface area contributed by atoms with Gasteiger partial charge in [-0.25, -0.2) is 5.48 Å². The second kappa shape index (κ2) is 2.38. The Morgan fingerprint density at radius 3 is 3.00 bits per heavy atom. The Morgan fingerprint density at radius 1 is 1.90 bits per heavy atom. The fourth-order valence-electron chi connectivity index (χ4n) is 0.969. The molecule has 10 heavy (non-hydrogen) atoms. The predicted octanol–water partition coefficient (Wildman–Crippen LogP) is 0.115. The van der Waals surface area contributed by atoms with Gasteiger partial charge in [0.2, 0.25) is 0 Å². The normalized spacial score (nSPS) is 30.6. The summed E-state index contributed by atoms with van der Waals surface area (Å²) >= 11 is 0.